The van der Waals surface area contributed by atoms with Crippen LogP contribution in [-0.4, -0.2) is 58.4 Å². The predicted molar refractivity (Wildman–Crippen MR) is 224 cm³/mol. The molecule has 0 aromatic heterocycles. The van der Waals surface area contributed by atoms with Crippen LogP contribution >= 0.6 is 0 Å². The number of aliphatic hydroxyl groups excluding tert-OH is 2. The molecule has 7 heteroatoms. The molecule has 0 fully saturated rings. The minimum absolute atomic E-state index is 0.0398. The van der Waals surface area contributed by atoms with Gasteiger partial charge >= 0.3 is 0 Å². The summed E-state index contributed by atoms with van der Waals surface area (Å²) in [5.41, 5.74) is 2.28. The lowest BCUT2D eigenvalue weighted by Gasteiger charge is -2.46. The highest BCUT2D eigenvalue weighted by molar-refractivity contribution is 6.99. The highest BCUT2D eigenvalue weighted by atomic mass is 28.4. The lowest BCUT2D eigenvalue weighted by atomic mass is 9.80. The van der Waals surface area contributed by atoms with Crippen molar-refractivity contribution in [1.29, 1.82) is 0 Å². The van der Waals surface area contributed by atoms with Crippen molar-refractivity contribution in [3.63, 3.8) is 0 Å². The summed E-state index contributed by atoms with van der Waals surface area (Å²) in [6.07, 6.45) is 2.14. The Kier molecular flexibility index (Phi) is 17.2. The molecule has 0 radical (unpaired) electrons. The van der Waals surface area contributed by atoms with Crippen molar-refractivity contribution >= 4 is 27.0 Å². The maximum atomic E-state index is 11.8. The Hall–Kier alpha value is -2.37. The zero-order valence-corrected chi connectivity index (χ0v) is 35.9. The van der Waals surface area contributed by atoms with E-state index in [4.69, 9.17) is 13.6 Å². The smallest absolute Gasteiger partial charge is 0.261 e. The summed E-state index contributed by atoms with van der Waals surface area (Å²) in [4.78, 5) is 0. The van der Waals surface area contributed by atoms with E-state index in [1.807, 2.05) is 24.3 Å². The minimum Gasteiger partial charge on any atom is -0.416 e. The van der Waals surface area contributed by atoms with Crippen LogP contribution in [0.4, 0.5) is 0 Å². The molecule has 3 aromatic carbocycles. The largest absolute Gasteiger partial charge is 0.416 e. The molecule has 3 rings (SSSR count). The fourth-order valence-electron chi connectivity index (χ4n) is 8.95. The van der Waals surface area contributed by atoms with Gasteiger partial charge in [-0.05, 0) is 69.7 Å². The number of hydrogen-bond donors (Lipinski definition) is 2. The lowest BCUT2D eigenvalue weighted by molar-refractivity contribution is -0.107. The maximum absolute atomic E-state index is 11.8. The van der Waals surface area contributed by atoms with E-state index in [1.165, 1.54) is 10.4 Å². The molecule has 0 bridgehead atoms. The fraction of sp³-hybridized carbons (Fsp3) is 0.556. The first-order valence-electron chi connectivity index (χ1n) is 19.6. The van der Waals surface area contributed by atoms with Crippen molar-refractivity contribution < 1.29 is 23.8 Å². The average molecular weight is 747 g/mol. The van der Waals surface area contributed by atoms with Crippen LogP contribution in [0.3, 0.4) is 0 Å². The molecular weight excluding hydrogens is 677 g/mol. The molecule has 0 aliphatic carbocycles. The predicted octanol–water partition coefficient (Wildman–Crippen LogP) is 9.67. The van der Waals surface area contributed by atoms with E-state index in [0.717, 1.165) is 18.4 Å². The van der Waals surface area contributed by atoms with Gasteiger partial charge in [-0.2, -0.15) is 0 Å². The van der Waals surface area contributed by atoms with Crippen LogP contribution < -0.4 is 10.4 Å². The molecule has 5 atom stereocenters. The highest BCUT2D eigenvalue weighted by Gasteiger charge is 2.52. The minimum atomic E-state index is -2.81. The van der Waals surface area contributed by atoms with E-state index >= 15 is 0 Å². The molecule has 0 spiro atoms. The molecule has 0 heterocycles. The quantitative estimate of drug-likeness (QED) is 0.0792. The topological polar surface area (TPSA) is 68.2 Å². The third-order valence-electron chi connectivity index (χ3n) is 11.2. The average Bonchev–Trinajstić information content (AvgIpc) is 3.10. The SMILES string of the molecule is C=CC[C@@H](C[C@H](C)O[Si](c1ccccc1)(c1ccccc1)C(C)(C)C)[C@@H](CO[Si](C(C)C)(C(C)C)C(C)C)[C@@H](OCc1ccccc1)[C@H](O)CCO. The standard InChI is InChI=1S/C45H70O5Si2/c1-12-22-39(31-37(8)50-52(45(9,10)11,40-25-18-14-19-26-40)41-27-20-15-21-28-41)42(33-49-51(34(2)3,35(4)5)36(6)7)44(43(47)29-30-46)48-32-38-23-16-13-17-24-38/h12-21,23-28,34-37,39,42-44,46-47H,1,22,29-33H2,2-11H3/t37-,39-,42+,43+,44+/m0/s1. The van der Waals surface area contributed by atoms with Gasteiger partial charge < -0.3 is 23.8 Å². The number of allylic oxidation sites excluding steroid dienone is 1. The van der Waals surface area contributed by atoms with Gasteiger partial charge in [0.05, 0.1) is 18.8 Å². The second-order valence-corrected chi connectivity index (χ2v) is 26.5. The molecule has 2 N–H and O–H groups in total. The molecule has 5 nitrogen and oxygen atoms in total. The Morgan fingerprint density at radius 2 is 1.23 bits per heavy atom. The Morgan fingerprint density at radius 3 is 1.65 bits per heavy atom. The number of hydrogen-bond acceptors (Lipinski definition) is 5. The summed E-state index contributed by atoms with van der Waals surface area (Å²) in [5, 5.41) is 24.2. The number of ether oxygens (including phenoxy) is 1. The molecule has 0 aliphatic heterocycles. The Labute approximate surface area is 319 Å². The summed E-state index contributed by atoms with van der Waals surface area (Å²) in [5.74, 6) is -0.130. The second-order valence-electron chi connectivity index (χ2n) is 16.7. The summed E-state index contributed by atoms with van der Waals surface area (Å²) in [6, 6.07) is 31.7. The van der Waals surface area contributed by atoms with Crippen molar-refractivity contribution in [1.82, 2.24) is 0 Å². The first-order valence-corrected chi connectivity index (χ1v) is 23.7. The maximum Gasteiger partial charge on any atom is 0.261 e. The molecule has 0 amide bonds. The molecule has 0 unspecified atom stereocenters. The van der Waals surface area contributed by atoms with Crippen molar-refractivity contribution in [2.75, 3.05) is 13.2 Å². The molecule has 0 aliphatic rings. The van der Waals surface area contributed by atoms with E-state index < -0.39 is 28.8 Å². The van der Waals surface area contributed by atoms with Crippen molar-refractivity contribution in [2.24, 2.45) is 11.8 Å². The van der Waals surface area contributed by atoms with Gasteiger partial charge in [-0.25, -0.2) is 0 Å². The third kappa shape index (κ3) is 10.6. The van der Waals surface area contributed by atoms with Gasteiger partial charge in [0.2, 0.25) is 0 Å². The lowest BCUT2D eigenvalue weighted by Crippen LogP contribution is -2.67. The number of benzene rings is 3. The van der Waals surface area contributed by atoms with E-state index in [9.17, 15) is 10.2 Å². The Bertz CT molecular complexity index is 1360. The summed E-state index contributed by atoms with van der Waals surface area (Å²) in [6.45, 7) is 28.0. The summed E-state index contributed by atoms with van der Waals surface area (Å²) in [7, 11) is -5.09. The second kappa shape index (κ2) is 20.4. The molecule has 52 heavy (non-hydrogen) atoms. The van der Waals surface area contributed by atoms with Crippen molar-refractivity contribution in [3.8, 4) is 0 Å². The summed E-state index contributed by atoms with van der Waals surface area (Å²) < 4.78 is 21.7. The van der Waals surface area contributed by atoms with Crippen molar-refractivity contribution in [2.45, 2.75) is 135 Å². The van der Waals surface area contributed by atoms with Gasteiger partial charge in [0.1, 0.15) is 0 Å². The molecule has 3 aromatic rings. The molecule has 288 valence electrons. The van der Waals surface area contributed by atoms with Crippen molar-refractivity contribution in [3.05, 3.63) is 109 Å². The molecule has 0 saturated heterocycles. The molecule has 0 saturated carbocycles. The van der Waals surface area contributed by atoms with Gasteiger partial charge in [0, 0.05) is 25.2 Å². The first-order chi connectivity index (χ1) is 24.6. The first kappa shape index (κ1) is 44.0. The van der Waals surface area contributed by atoms with E-state index in [1.54, 1.807) is 0 Å². The van der Waals surface area contributed by atoms with Crippen LogP contribution in [0.1, 0.15) is 94.1 Å². The van der Waals surface area contributed by atoms with Crippen LogP contribution in [-0.2, 0) is 20.2 Å². The number of rotatable bonds is 22. The zero-order chi connectivity index (χ0) is 38.5. The van der Waals surface area contributed by atoms with E-state index in [2.05, 4.69) is 149 Å². The van der Waals surface area contributed by atoms with Gasteiger partial charge in [-0.3, -0.25) is 0 Å². The third-order valence-corrected chi connectivity index (χ3v) is 22.5. The van der Waals surface area contributed by atoms with Gasteiger partial charge in [0.15, 0.2) is 8.32 Å². The Morgan fingerprint density at radius 1 is 0.750 bits per heavy atom. The molecular formula is C45H70O5Si2. The van der Waals surface area contributed by atoms with Gasteiger partial charge in [-0.1, -0.05) is 159 Å². The zero-order valence-electron chi connectivity index (χ0n) is 33.9. The van der Waals surface area contributed by atoms with Crippen LogP contribution in [0.15, 0.2) is 104 Å². The van der Waals surface area contributed by atoms with Crippen LogP contribution in [0, 0.1) is 11.8 Å². The monoisotopic (exact) mass is 746 g/mol. The van der Waals surface area contributed by atoms with Crippen LogP contribution in [0.25, 0.3) is 0 Å². The van der Waals surface area contributed by atoms with E-state index in [0.29, 0.717) is 29.8 Å². The Balaban J connectivity index is 2.14. The van der Waals surface area contributed by atoms with Crippen LogP contribution in [0.2, 0.25) is 21.7 Å². The highest BCUT2D eigenvalue weighted by Crippen LogP contribution is 2.44. The normalized spacial score (nSPS) is 15.8. The number of aliphatic hydroxyl groups is 2. The fourth-order valence-corrected chi connectivity index (χ4v) is 19.1. The van der Waals surface area contributed by atoms with E-state index in [-0.39, 0.29) is 36.0 Å². The van der Waals surface area contributed by atoms with Gasteiger partial charge in [0.25, 0.3) is 8.32 Å². The summed E-state index contributed by atoms with van der Waals surface area (Å²) >= 11 is 0. The van der Waals surface area contributed by atoms with Gasteiger partial charge in [-0.15, -0.1) is 6.58 Å². The van der Waals surface area contributed by atoms with Crippen LogP contribution in [0.5, 0.6) is 0 Å².